The Bertz CT molecular complexity index is 960. The van der Waals surface area contributed by atoms with Crippen LogP contribution in [0, 0.1) is 13.8 Å². The van der Waals surface area contributed by atoms with Gasteiger partial charge in [-0.05, 0) is 51.0 Å². The Hall–Kier alpha value is -2.79. The highest BCUT2D eigenvalue weighted by atomic mass is 16.3. The van der Waals surface area contributed by atoms with Gasteiger partial charge in [0, 0.05) is 36.6 Å². The molecule has 1 amide bonds. The van der Waals surface area contributed by atoms with E-state index in [2.05, 4.69) is 46.0 Å². The van der Waals surface area contributed by atoms with Crippen LogP contribution in [0.2, 0.25) is 0 Å². The highest BCUT2D eigenvalue weighted by Crippen LogP contribution is 2.25. The number of carbonyl (C=O) groups is 1. The number of likely N-dealkylation sites (tertiary alicyclic amines) is 1. The molecule has 1 saturated heterocycles. The fourth-order valence-corrected chi connectivity index (χ4v) is 4.30. The lowest BCUT2D eigenvalue weighted by atomic mass is 10.1. The minimum atomic E-state index is 0.0167. The van der Waals surface area contributed by atoms with Crippen LogP contribution in [0.3, 0.4) is 0 Å². The summed E-state index contributed by atoms with van der Waals surface area (Å²) in [7, 11) is 0. The Morgan fingerprint density at radius 1 is 1.21 bits per heavy atom. The van der Waals surface area contributed by atoms with Crippen molar-refractivity contribution in [3.8, 4) is 0 Å². The van der Waals surface area contributed by atoms with E-state index in [1.807, 2.05) is 38.1 Å². The zero-order valence-electron chi connectivity index (χ0n) is 17.4. The lowest BCUT2D eigenvalue weighted by Crippen LogP contribution is -2.37. The molecule has 152 valence electrons. The SMILES string of the molecule is Cc1cc(C(=O)NC2CCN(C(C)c3ccccc3)C2)c(C)n1Cc1ccco1. The Kier molecular flexibility index (Phi) is 5.58. The number of hydrogen-bond donors (Lipinski definition) is 1. The highest BCUT2D eigenvalue weighted by molar-refractivity contribution is 5.96. The van der Waals surface area contributed by atoms with Crippen molar-refractivity contribution >= 4 is 5.91 Å². The van der Waals surface area contributed by atoms with Crippen LogP contribution >= 0.6 is 0 Å². The minimum absolute atomic E-state index is 0.0167. The molecule has 0 radical (unpaired) electrons. The number of benzene rings is 1. The molecule has 3 aromatic rings. The molecule has 1 aromatic carbocycles. The van der Waals surface area contributed by atoms with Crippen molar-refractivity contribution in [2.45, 2.75) is 45.8 Å². The van der Waals surface area contributed by atoms with E-state index in [-0.39, 0.29) is 11.9 Å². The molecule has 4 rings (SSSR count). The van der Waals surface area contributed by atoms with Gasteiger partial charge in [0.05, 0.1) is 18.4 Å². The summed E-state index contributed by atoms with van der Waals surface area (Å²) in [6, 6.07) is 16.9. The summed E-state index contributed by atoms with van der Waals surface area (Å²) in [6.07, 6.45) is 2.66. The molecule has 0 spiro atoms. The van der Waals surface area contributed by atoms with Crippen LogP contribution < -0.4 is 5.32 Å². The first-order valence-corrected chi connectivity index (χ1v) is 10.3. The number of aromatic nitrogens is 1. The van der Waals surface area contributed by atoms with Crippen LogP contribution in [0.1, 0.15) is 52.5 Å². The summed E-state index contributed by atoms with van der Waals surface area (Å²) in [5, 5.41) is 3.25. The average molecular weight is 392 g/mol. The first-order chi connectivity index (χ1) is 14.0. The zero-order valence-corrected chi connectivity index (χ0v) is 17.4. The Labute approximate surface area is 172 Å². The van der Waals surface area contributed by atoms with Gasteiger partial charge < -0.3 is 14.3 Å². The third-order valence-corrected chi connectivity index (χ3v) is 6.10. The molecular weight excluding hydrogens is 362 g/mol. The second-order valence-electron chi connectivity index (χ2n) is 7.99. The zero-order chi connectivity index (χ0) is 20.4. The summed E-state index contributed by atoms with van der Waals surface area (Å²) >= 11 is 0. The molecule has 5 nitrogen and oxygen atoms in total. The van der Waals surface area contributed by atoms with Crippen molar-refractivity contribution in [1.29, 1.82) is 0 Å². The largest absolute Gasteiger partial charge is 0.467 e. The van der Waals surface area contributed by atoms with Crippen LogP contribution in [0.4, 0.5) is 0 Å². The predicted molar refractivity (Wildman–Crippen MR) is 114 cm³/mol. The second-order valence-corrected chi connectivity index (χ2v) is 7.99. The van der Waals surface area contributed by atoms with Gasteiger partial charge in [-0.25, -0.2) is 0 Å². The number of furan rings is 1. The van der Waals surface area contributed by atoms with E-state index in [4.69, 9.17) is 4.42 Å². The molecule has 1 N–H and O–H groups in total. The summed E-state index contributed by atoms with van der Waals surface area (Å²) in [4.78, 5) is 15.4. The number of hydrogen-bond acceptors (Lipinski definition) is 3. The van der Waals surface area contributed by atoms with Crippen molar-refractivity contribution in [3.63, 3.8) is 0 Å². The van der Waals surface area contributed by atoms with E-state index >= 15 is 0 Å². The highest BCUT2D eigenvalue weighted by Gasteiger charge is 2.28. The van der Waals surface area contributed by atoms with Crippen molar-refractivity contribution in [2.24, 2.45) is 0 Å². The van der Waals surface area contributed by atoms with Gasteiger partial charge in [0.25, 0.3) is 5.91 Å². The Morgan fingerprint density at radius 2 is 2.00 bits per heavy atom. The van der Waals surface area contributed by atoms with E-state index in [1.54, 1.807) is 6.26 Å². The van der Waals surface area contributed by atoms with Gasteiger partial charge in [0.1, 0.15) is 5.76 Å². The number of nitrogens with one attached hydrogen (secondary N) is 1. The maximum atomic E-state index is 13.0. The van der Waals surface area contributed by atoms with Crippen LogP contribution in [-0.2, 0) is 6.54 Å². The fourth-order valence-electron chi connectivity index (χ4n) is 4.30. The van der Waals surface area contributed by atoms with Gasteiger partial charge in [0.2, 0.25) is 0 Å². The van der Waals surface area contributed by atoms with Crippen LogP contribution in [0.5, 0.6) is 0 Å². The molecule has 5 heteroatoms. The summed E-state index contributed by atoms with van der Waals surface area (Å²) in [5.74, 6) is 0.906. The van der Waals surface area contributed by atoms with Crippen LogP contribution in [-0.4, -0.2) is 34.5 Å². The predicted octanol–water partition coefficient (Wildman–Crippen LogP) is 4.31. The molecule has 2 aromatic heterocycles. The average Bonchev–Trinajstić information content (AvgIpc) is 3.46. The molecule has 29 heavy (non-hydrogen) atoms. The molecule has 1 fully saturated rings. The monoisotopic (exact) mass is 391 g/mol. The van der Waals surface area contributed by atoms with Crippen molar-refractivity contribution in [1.82, 2.24) is 14.8 Å². The maximum absolute atomic E-state index is 13.0. The van der Waals surface area contributed by atoms with E-state index in [1.165, 1.54) is 5.56 Å². The first-order valence-electron chi connectivity index (χ1n) is 10.3. The van der Waals surface area contributed by atoms with Crippen molar-refractivity contribution in [3.05, 3.63) is 83.1 Å². The van der Waals surface area contributed by atoms with Gasteiger partial charge in [0.15, 0.2) is 0 Å². The second kappa shape index (κ2) is 8.29. The van der Waals surface area contributed by atoms with E-state index in [9.17, 15) is 4.79 Å². The standard InChI is InChI=1S/C24H29N3O2/c1-17-14-23(19(3)27(17)16-22-10-7-13-29-22)24(28)25-21-11-12-26(15-21)18(2)20-8-5-4-6-9-20/h4-10,13-14,18,21H,11-12,15-16H2,1-3H3,(H,25,28). The molecule has 1 aliphatic rings. The summed E-state index contributed by atoms with van der Waals surface area (Å²) in [6.45, 7) is 8.80. The normalized spacial score (nSPS) is 18.1. The van der Waals surface area contributed by atoms with Gasteiger partial charge >= 0.3 is 0 Å². The topological polar surface area (TPSA) is 50.4 Å². The summed E-state index contributed by atoms with van der Waals surface area (Å²) < 4.78 is 7.60. The molecule has 0 bridgehead atoms. The number of carbonyl (C=O) groups excluding carboxylic acids is 1. The molecular formula is C24H29N3O2. The number of aryl methyl sites for hydroxylation is 1. The van der Waals surface area contributed by atoms with E-state index in [0.29, 0.717) is 12.6 Å². The molecule has 0 saturated carbocycles. The molecule has 3 heterocycles. The number of nitrogens with zero attached hydrogens (tertiary/aromatic N) is 2. The molecule has 0 aliphatic carbocycles. The van der Waals surface area contributed by atoms with Crippen LogP contribution in [0.25, 0.3) is 0 Å². The number of rotatable bonds is 6. The van der Waals surface area contributed by atoms with Gasteiger partial charge in [-0.2, -0.15) is 0 Å². The van der Waals surface area contributed by atoms with Gasteiger partial charge in [-0.3, -0.25) is 9.69 Å². The Morgan fingerprint density at radius 3 is 2.72 bits per heavy atom. The lowest BCUT2D eigenvalue weighted by Gasteiger charge is -2.24. The molecule has 2 atom stereocenters. The quantitative estimate of drug-likeness (QED) is 0.681. The third kappa shape index (κ3) is 4.15. The number of amides is 1. The minimum Gasteiger partial charge on any atom is -0.467 e. The van der Waals surface area contributed by atoms with Crippen molar-refractivity contribution in [2.75, 3.05) is 13.1 Å². The molecule has 2 unspecified atom stereocenters. The maximum Gasteiger partial charge on any atom is 0.253 e. The summed E-state index contributed by atoms with van der Waals surface area (Å²) in [5.41, 5.74) is 4.11. The smallest absolute Gasteiger partial charge is 0.253 e. The van der Waals surface area contributed by atoms with Crippen LogP contribution in [0.15, 0.2) is 59.2 Å². The first kappa shape index (κ1) is 19.5. The third-order valence-electron chi connectivity index (χ3n) is 6.10. The fraction of sp³-hybridized carbons (Fsp3) is 0.375. The molecule has 1 aliphatic heterocycles. The lowest BCUT2D eigenvalue weighted by molar-refractivity contribution is 0.0935. The van der Waals surface area contributed by atoms with Gasteiger partial charge in [-0.15, -0.1) is 0 Å². The van der Waals surface area contributed by atoms with E-state index in [0.717, 1.165) is 42.2 Å². The van der Waals surface area contributed by atoms with Crippen molar-refractivity contribution < 1.29 is 9.21 Å². The Balaban J connectivity index is 1.40. The van der Waals surface area contributed by atoms with Gasteiger partial charge in [-0.1, -0.05) is 30.3 Å². The van der Waals surface area contributed by atoms with E-state index < -0.39 is 0 Å².